The highest BCUT2D eigenvalue weighted by atomic mass is 16.9. The zero-order valence-electron chi connectivity index (χ0n) is 13.2. The van der Waals surface area contributed by atoms with Crippen molar-refractivity contribution >= 4 is 0 Å². The summed E-state index contributed by atoms with van der Waals surface area (Å²) in [6, 6.07) is 0. The average molecular weight is 246 g/mol. The van der Waals surface area contributed by atoms with Crippen LogP contribution in [0.15, 0.2) is 0 Å². The maximum absolute atomic E-state index is 5.93. The first-order valence-corrected chi connectivity index (χ1v) is 6.22. The molecule has 3 nitrogen and oxygen atoms in total. The molecule has 0 rings (SSSR count). The van der Waals surface area contributed by atoms with Crippen LogP contribution in [0.1, 0.15) is 69.2 Å². The van der Waals surface area contributed by atoms with Crippen molar-refractivity contribution in [3.05, 3.63) is 0 Å². The molecular weight excluding hydrogens is 216 g/mol. The van der Waals surface area contributed by atoms with Crippen molar-refractivity contribution in [1.29, 1.82) is 0 Å². The van der Waals surface area contributed by atoms with Crippen LogP contribution in [0.2, 0.25) is 0 Å². The van der Waals surface area contributed by atoms with E-state index >= 15 is 0 Å². The van der Waals surface area contributed by atoms with E-state index in [4.69, 9.17) is 14.2 Å². The van der Waals surface area contributed by atoms with Gasteiger partial charge in [0.1, 0.15) is 0 Å². The van der Waals surface area contributed by atoms with E-state index in [1.54, 1.807) is 0 Å². The van der Waals surface area contributed by atoms with Crippen molar-refractivity contribution in [2.24, 2.45) is 0 Å². The van der Waals surface area contributed by atoms with Gasteiger partial charge in [0.15, 0.2) is 0 Å². The molecule has 0 fully saturated rings. The largest absolute Gasteiger partial charge is 0.322 e. The molecular formula is C14H30O3. The van der Waals surface area contributed by atoms with Crippen LogP contribution in [0, 0.1) is 0 Å². The van der Waals surface area contributed by atoms with E-state index in [0.29, 0.717) is 0 Å². The second-order valence-corrected chi connectivity index (χ2v) is 7.51. The monoisotopic (exact) mass is 246 g/mol. The molecule has 0 radical (unpaired) electrons. The topological polar surface area (TPSA) is 27.7 Å². The van der Waals surface area contributed by atoms with E-state index in [1.807, 2.05) is 69.2 Å². The van der Waals surface area contributed by atoms with Crippen molar-refractivity contribution in [3.8, 4) is 0 Å². The third-order valence-electron chi connectivity index (χ3n) is 1.47. The first kappa shape index (κ1) is 16.9. The molecule has 0 aromatic rings. The Bertz CT molecular complexity index is 197. The van der Waals surface area contributed by atoms with Crippen molar-refractivity contribution in [1.82, 2.24) is 0 Å². The summed E-state index contributed by atoms with van der Waals surface area (Å²) in [6.45, 7) is 19.7. The van der Waals surface area contributed by atoms with Gasteiger partial charge in [-0.25, -0.2) is 0 Å². The molecule has 0 heterocycles. The van der Waals surface area contributed by atoms with E-state index in [0.717, 1.165) is 0 Å². The van der Waals surface area contributed by atoms with Crippen LogP contribution in [-0.4, -0.2) is 22.8 Å². The Morgan fingerprint density at radius 2 is 0.588 bits per heavy atom. The minimum Gasteiger partial charge on any atom is -0.322 e. The van der Waals surface area contributed by atoms with Crippen molar-refractivity contribution in [2.45, 2.75) is 92.0 Å². The molecule has 0 atom stereocenters. The van der Waals surface area contributed by atoms with Crippen molar-refractivity contribution in [2.75, 3.05) is 0 Å². The molecule has 3 heteroatoms. The summed E-state index contributed by atoms with van der Waals surface area (Å²) in [7, 11) is 0. The molecule has 0 N–H and O–H groups in total. The van der Waals surface area contributed by atoms with Gasteiger partial charge >= 0.3 is 0 Å². The lowest BCUT2D eigenvalue weighted by Gasteiger charge is -2.43. The SMILES string of the molecule is CC(C)(C)OC(C)(OC(C)(C)C)OC(C)(C)C. The third-order valence-corrected chi connectivity index (χ3v) is 1.47. The molecule has 0 amide bonds. The molecule has 0 aliphatic rings. The van der Waals surface area contributed by atoms with Crippen molar-refractivity contribution < 1.29 is 14.2 Å². The Labute approximate surface area is 107 Å². The first-order chi connectivity index (χ1) is 7.12. The van der Waals surface area contributed by atoms with Crippen LogP contribution in [0.3, 0.4) is 0 Å². The van der Waals surface area contributed by atoms with E-state index in [-0.39, 0.29) is 16.8 Å². The van der Waals surface area contributed by atoms with Gasteiger partial charge in [-0.15, -0.1) is 0 Å². The summed E-state index contributed by atoms with van der Waals surface area (Å²) in [5, 5.41) is 0. The van der Waals surface area contributed by atoms with Gasteiger partial charge in [-0.05, 0) is 62.3 Å². The molecule has 0 aliphatic heterocycles. The first-order valence-electron chi connectivity index (χ1n) is 6.22. The van der Waals surface area contributed by atoms with Crippen LogP contribution < -0.4 is 0 Å². The van der Waals surface area contributed by atoms with Gasteiger partial charge in [0, 0.05) is 6.92 Å². The van der Waals surface area contributed by atoms with Crippen molar-refractivity contribution in [3.63, 3.8) is 0 Å². The minimum absolute atomic E-state index is 0.328. The second kappa shape index (κ2) is 4.87. The lowest BCUT2D eigenvalue weighted by Crippen LogP contribution is -2.50. The van der Waals surface area contributed by atoms with E-state index in [2.05, 4.69) is 0 Å². The molecule has 0 bridgehead atoms. The zero-order chi connectivity index (χ0) is 14.1. The van der Waals surface area contributed by atoms with Gasteiger partial charge in [0.2, 0.25) is 0 Å². The molecule has 0 unspecified atom stereocenters. The lowest BCUT2D eigenvalue weighted by molar-refractivity contribution is -0.437. The second-order valence-electron chi connectivity index (χ2n) is 7.51. The van der Waals surface area contributed by atoms with E-state index in [1.165, 1.54) is 0 Å². The molecule has 0 saturated carbocycles. The smallest absolute Gasteiger partial charge is 0.281 e. The maximum Gasteiger partial charge on any atom is 0.281 e. The number of ether oxygens (including phenoxy) is 3. The average Bonchev–Trinajstić information content (AvgIpc) is 1.65. The standard InChI is InChI=1S/C14H30O3/c1-11(2,3)15-14(10,16-12(4,5)6)17-13(7,8)9/h1-10H3. The van der Waals surface area contributed by atoms with Crippen LogP contribution in [0.25, 0.3) is 0 Å². The molecule has 0 aromatic carbocycles. The number of hydrogen-bond acceptors (Lipinski definition) is 3. The zero-order valence-corrected chi connectivity index (χ0v) is 13.2. The third kappa shape index (κ3) is 9.57. The van der Waals surface area contributed by atoms with Gasteiger partial charge in [0.25, 0.3) is 5.97 Å². The molecule has 17 heavy (non-hydrogen) atoms. The van der Waals surface area contributed by atoms with Gasteiger partial charge < -0.3 is 14.2 Å². The Hall–Kier alpha value is -0.120. The summed E-state index contributed by atoms with van der Waals surface area (Å²) in [6.07, 6.45) is 0. The fourth-order valence-corrected chi connectivity index (χ4v) is 1.73. The highest BCUT2D eigenvalue weighted by Crippen LogP contribution is 2.31. The Kier molecular flexibility index (Phi) is 4.83. The fraction of sp³-hybridized carbons (Fsp3) is 1.00. The highest BCUT2D eigenvalue weighted by Gasteiger charge is 2.40. The summed E-state index contributed by atoms with van der Waals surface area (Å²) < 4.78 is 17.8. The van der Waals surface area contributed by atoms with E-state index < -0.39 is 5.97 Å². The Balaban J connectivity index is 4.95. The quantitative estimate of drug-likeness (QED) is 0.701. The lowest BCUT2D eigenvalue weighted by atomic mass is 10.1. The van der Waals surface area contributed by atoms with Gasteiger partial charge in [-0.2, -0.15) is 0 Å². The molecule has 0 saturated heterocycles. The summed E-state index contributed by atoms with van der Waals surface area (Å²) in [4.78, 5) is 0. The van der Waals surface area contributed by atoms with Crippen LogP contribution in [0.4, 0.5) is 0 Å². The number of rotatable bonds is 3. The summed E-state index contributed by atoms with van der Waals surface area (Å²) in [5.74, 6) is -1.05. The predicted octanol–water partition coefficient (Wildman–Crippen LogP) is 4.11. The molecule has 0 aliphatic carbocycles. The van der Waals surface area contributed by atoms with Gasteiger partial charge in [-0.1, -0.05) is 0 Å². The minimum atomic E-state index is -1.05. The van der Waals surface area contributed by atoms with Gasteiger partial charge in [0.05, 0.1) is 16.8 Å². The predicted molar refractivity (Wildman–Crippen MR) is 70.9 cm³/mol. The Morgan fingerprint density at radius 3 is 0.706 bits per heavy atom. The van der Waals surface area contributed by atoms with E-state index in [9.17, 15) is 0 Å². The molecule has 0 spiro atoms. The maximum atomic E-state index is 5.93. The van der Waals surface area contributed by atoms with Crippen LogP contribution >= 0.6 is 0 Å². The normalized spacial score (nSPS) is 15.2. The Morgan fingerprint density at radius 1 is 0.412 bits per heavy atom. The fourth-order valence-electron chi connectivity index (χ4n) is 1.73. The summed E-state index contributed by atoms with van der Waals surface area (Å²) in [5.41, 5.74) is -0.984. The number of hydrogen-bond donors (Lipinski definition) is 0. The van der Waals surface area contributed by atoms with Crippen LogP contribution in [0.5, 0.6) is 0 Å². The highest BCUT2D eigenvalue weighted by molar-refractivity contribution is 4.71. The van der Waals surface area contributed by atoms with Gasteiger partial charge in [-0.3, -0.25) is 0 Å². The summed E-state index contributed by atoms with van der Waals surface area (Å²) >= 11 is 0. The molecule has 104 valence electrons. The molecule has 0 aromatic heterocycles. The van der Waals surface area contributed by atoms with Crippen LogP contribution in [-0.2, 0) is 14.2 Å².